The zero-order valence-electron chi connectivity index (χ0n) is 72.3. The number of hydrogen-bond donors (Lipinski definition) is 6. The number of pyridine rings is 6. The first-order valence-electron chi connectivity index (χ1n) is 41.6. The quantitative estimate of drug-likeness (QED) is 0.0248. The molecule has 1 aliphatic rings. The smallest absolute Gasteiger partial charge is 0.255 e. The summed E-state index contributed by atoms with van der Waals surface area (Å²) in [6.07, 6.45) is 18.3. The van der Waals surface area contributed by atoms with Crippen LogP contribution in [-0.2, 0) is 40.3 Å². The molecule has 0 saturated heterocycles. The van der Waals surface area contributed by atoms with Crippen molar-refractivity contribution in [2.24, 2.45) is 10.2 Å². The highest BCUT2D eigenvalue weighted by Gasteiger charge is 2.29. The number of nitrogens with one attached hydrogen (secondary N) is 6. The van der Waals surface area contributed by atoms with E-state index in [2.05, 4.69) is 90.1 Å². The molecule has 12 aromatic heterocycles. The zero-order valence-corrected chi connectivity index (χ0v) is 76.1. The molecule has 17 rings (SSSR count). The van der Waals surface area contributed by atoms with Crippen molar-refractivity contribution in [3.05, 3.63) is 349 Å². The number of imidazole rings is 1. The number of aromatic nitrogens is 8. The number of anilines is 3. The van der Waals surface area contributed by atoms with Crippen LogP contribution in [0, 0.1) is 20.8 Å². The van der Waals surface area contributed by atoms with E-state index in [1.54, 1.807) is 121 Å². The average molecular weight is 1860 g/mol. The number of carbonyl (C=O) groups excluding carboxylic acids is 6. The highest BCUT2D eigenvalue weighted by molar-refractivity contribution is 7.09. The third kappa shape index (κ3) is 23.7. The van der Waals surface area contributed by atoms with Crippen molar-refractivity contribution in [3.8, 4) is 90.7 Å². The van der Waals surface area contributed by atoms with Crippen LogP contribution in [0.2, 0.25) is 20.1 Å². The Bertz CT molecular complexity index is 7000. The van der Waals surface area contributed by atoms with E-state index in [0.29, 0.717) is 179 Å². The predicted molar refractivity (Wildman–Crippen MR) is 519 cm³/mol. The topological polar surface area (TPSA) is 347 Å². The number of amides is 5. The van der Waals surface area contributed by atoms with Gasteiger partial charge in [0.15, 0.2) is 5.76 Å². The lowest BCUT2D eigenvalue weighted by atomic mass is 10.1. The number of furan rings is 3. The highest BCUT2D eigenvalue weighted by atomic mass is 35.5. The lowest BCUT2D eigenvalue weighted by Gasteiger charge is -2.08. The van der Waals surface area contributed by atoms with E-state index in [1.165, 1.54) is 13.8 Å². The molecule has 4 aromatic carbocycles. The van der Waals surface area contributed by atoms with Crippen LogP contribution in [0.3, 0.4) is 0 Å². The minimum Gasteiger partial charge on any atom is -0.455 e. The first kappa shape index (κ1) is 93.0. The maximum absolute atomic E-state index is 13.4. The van der Waals surface area contributed by atoms with Crippen molar-refractivity contribution in [3.63, 3.8) is 0 Å². The molecule has 0 aliphatic carbocycles. The summed E-state index contributed by atoms with van der Waals surface area (Å²) in [6, 6.07) is 58.4. The molecule has 0 atom stereocenters. The number of nitrogens with zero attached hydrogens (tertiary/aromatic N) is 10. The van der Waals surface area contributed by atoms with E-state index in [1.807, 2.05) is 177 Å². The second-order valence-electron chi connectivity index (χ2n) is 30.2. The van der Waals surface area contributed by atoms with Crippen LogP contribution < -0.4 is 31.9 Å². The standard InChI is InChI=1S/C29H26ClN5O2.C25H21ClN4O3.C24H20ClN3O3S.C23H19ClN4O2/c1-18(2)33-26-15-22(19(3)16-32-26)25-14-23(28(37-25)21-8-4-5-9-24(21)30)29(36)31-12-11-20-17-35-13-7-6-10-27(35)34-20;1-15-13-28-23(30-16(2)31)12-19(15)22-11-20(24(33-22)18-8-3-4-9-21(18)26)25(32)29-14-17-7-5-6-10-27-17;1-14-12-26-22(28-15(2)29)11-18(14)21-10-19(24(30)27-13-16-6-5-9-32-16)23(31-21)17-7-3-4-8-20(17)25;1-2-3-6-17(29)14-16-13-15(9-11-25-16)23-27-21(20-10-12-26-28-20)22(30-23)18-7-4-5-8-19(18)24/h4-10,13-17H,1,11-12H2,2-3H3,(H,31,36)(H,32,33);3-13H,14H2,1-2H3,(H,29,32)(H,28,30,31);3-12H,13H2,1-2H3,(H,27,30)(H,26,28,29);2,4-5,7-9,11-13H,1,3,6,10,14H2. The van der Waals surface area contributed by atoms with Gasteiger partial charge in [-0.05, 0) is 184 Å². The minimum atomic E-state index is -0.320. The van der Waals surface area contributed by atoms with Gasteiger partial charge in [0.05, 0.1) is 67.0 Å². The summed E-state index contributed by atoms with van der Waals surface area (Å²) in [6.45, 7) is 19.0. The SMILES string of the molecule is C=C(C)Nc1cc(-c2cc(C(=O)NCCc3cn4ccccc4n3)c(-c3ccccc3Cl)o2)c(C)cn1.C=CCCC(=O)Cc1cc(-c2nc(C3=NN=CC3)c(-c3ccccc3Cl)o2)ccn1.CC(=O)Nc1cc(-c2cc(C(=O)NCc3ccccn3)c(-c3ccccc3Cl)o2)c(C)cn1.CC(=O)Nc1cc(-c2cc(C(=O)NCc3cccs3)c(-c3ccccc3Cl)o2)c(C)cn1. The number of hydrogen-bond acceptors (Lipinski definition) is 21. The Kier molecular flexibility index (Phi) is 30.9. The summed E-state index contributed by atoms with van der Waals surface area (Å²) in [5.41, 5.74) is 14.5. The van der Waals surface area contributed by atoms with Crippen molar-refractivity contribution in [1.29, 1.82) is 0 Å². The second kappa shape index (κ2) is 43.8. The van der Waals surface area contributed by atoms with E-state index in [-0.39, 0.29) is 48.3 Å². The molecule has 31 heteroatoms. The van der Waals surface area contributed by atoms with Crippen LogP contribution >= 0.6 is 57.7 Å². The fourth-order valence-electron chi connectivity index (χ4n) is 13.9. The zero-order chi connectivity index (χ0) is 92.9. The van der Waals surface area contributed by atoms with Gasteiger partial charge < -0.3 is 54.0 Å². The number of benzene rings is 4. The Hall–Kier alpha value is -15.1. The Morgan fingerprint density at radius 1 is 0.492 bits per heavy atom. The van der Waals surface area contributed by atoms with Gasteiger partial charge in [0, 0.05) is 156 Å². The summed E-state index contributed by atoms with van der Waals surface area (Å²) < 4.78 is 26.8. The lowest BCUT2D eigenvalue weighted by Crippen LogP contribution is -2.25. The first-order valence-corrected chi connectivity index (χ1v) is 43.9. The van der Waals surface area contributed by atoms with Crippen molar-refractivity contribution < 1.29 is 46.4 Å². The van der Waals surface area contributed by atoms with Crippen LogP contribution in [0.1, 0.15) is 115 Å². The molecule has 5 amide bonds. The number of halogens is 4. The number of thiophene rings is 1. The third-order valence-electron chi connectivity index (χ3n) is 20.2. The monoisotopic (exact) mass is 1850 g/mol. The van der Waals surface area contributed by atoms with Crippen LogP contribution in [0.25, 0.3) is 96.4 Å². The van der Waals surface area contributed by atoms with Gasteiger partial charge in [-0.3, -0.25) is 38.7 Å². The number of carbonyl (C=O) groups is 6. The molecule has 13 heterocycles. The van der Waals surface area contributed by atoms with Gasteiger partial charge in [-0.25, -0.2) is 24.9 Å². The average Bonchev–Trinajstić information content (AvgIpc) is 1.65. The normalized spacial score (nSPS) is 11.2. The summed E-state index contributed by atoms with van der Waals surface area (Å²) in [5.74, 6) is 3.84. The van der Waals surface area contributed by atoms with E-state index in [4.69, 9.17) is 64.1 Å². The maximum atomic E-state index is 13.4. The van der Waals surface area contributed by atoms with E-state index in [0.717, 1.165) is 66.6 Å². The molecule has 16 aromatic rings. The summed E-state index contributed by atoms with van der Waals surface area (Å²) in [7, 11) is 0. The number of oxazole rings is 1. The molecular formula is C101H86Cl4N16O10S. The van der Waals surface area contributed by atoms with Gasteiger partial charge in [0.25, 0.3) is 17.7 Å². The lowest BCUT2D eigenvalue weighted by molar-refractivity contribution is -0.118. The summed E-state index contributed by atoms with van der Waals surface area (Å²) in [4.78, 5) is 106. The molecule has 6 N–H and O–H groups in total. The van der Waals surface area contributed by atoms with Crippen molar-refractivity contribution in [2.45, 2.75) is 86.7 Å². The number of fused-ring (bicyclic) bond motifs is 1. The number of Topliss-reactive ketones (excluding diaryl/α,β-unsaturated/α-hetero) is 1. The van der Waals surface area contributed by atoms with Gasteiger partial charge in [-0.1, -0.05) is 126 Å². The number of allylic oxidation sites excluding steroid dienone is 2. The van der Waals surface area contributed by atoms with Crippen molar-refractivity contribution in [2.75, 3.05) is 22.5 Å². The Balaban J connectivity index is 0.000000142. The molecule has 0 radical (unpaired) electrons. The minimum absolute atomic E-state index is 0.113. The molecule has 132 heavy (non-hydrogen) atoms. The number of aryl methyl sites for hydroxylation is 3. The Labute approximate surface area is 783 Å². The Morgan fingerprint density at radius 3 is 1.45 bits per heavy atom. The van der Waals surface area contributed by atoms with Gasteiger partial charge >= 0.3 is 0 Å². The van der Waals surface area contributed by atoms with Gasteiger partial charge in [0.2, 0.25) is 17.7 Å². The molecule has 0 fully saturated rings. The van der Waals surface area contributed by atoms with Gasteiger partial charge in [-0.15, -0.1) is 17.9 Å². The molecule has 26 nitrogen and oxygen atoms in total. The summed E-state index contributed by atoms with van der Waals surface area (Å²) in [5, 5.41) is 29.4. The number of ketones is 1. The second-order valence-corrected chi connectivity index (χ2v) is 32.9. The number of rotatable bonds is 28. The van der Waals surface area contributed by atoms with Crippen LogP contribution in [0.15, 0.2) is 296 Å². The van der Waals surface area contributed by atoms with Crippen molar-refractivity contribution >= 4 is 128 Å². The first-order chi connectivity index (χ1) is 63.9. The third-order valence-corrected chi connectivity index (χ3v) is 22.4. The van der Waals surface area contributed by atoms with Crippen LogP contribution in [0.5, 0.6) is 0 Å². The van der Waals surface area contributed by atoms with Crippen molar-refractivity contribution in [1.82, 2.24) is 55.2 Å². The molecule has 0 spiro atoms. The molecule has 0 unspecified atom stereocenters. The molecule has 0 saturated carbocycles. The fraction of sp³-hybridized carbons (Fsp3) is 0.139. The largest absolute Gasteiger partial charge is 0.455 e. The van der Waals surface area contributed by atoms with Gasteiger partial charge in [-0.2, -0.15) is 10.2 Å². The highest BCUT2D eigenvalue weighted by Crippen LogP contribution is 2.43. The van der Waals surface area contributed by atoms with E-state index < -0.39 is 0 Å². The molecule has 0 bridgehead atoms. The molecular weight excluding hydrogens is 1770 g/mol. The van der Waals surface area contributed by atoms with E-state index in [9.17, 15) is 28.8 Å². The van der Waals surface area contributed by atoms with Crippen LogP contribution in [-0.4, -0.2) is 93.1 Å². The van der Waals surface area contributed by atoms with E-state index >= 15 is 0 Å². The molecule has 1 aliphatic heterocycles. The van der Waals surface area contributed by atoms with Crippen LogP contribution in [0.4, 0.5) is 17.5 Å². The Morgan fingerprint density at radius 2 is 0.985 bits per heavy atom. The van der Waals surface area contributed by atoms with Gasteiger partial charge in [0.1, 0.15) is 69.1 Å². The summed E-state index contributed by atoms with van der Waals surface area (Å²) >= 11 is 27.3. The molecule has 664 valence electrons. The maximum Gasteiger partial charge on any atom is 0.255 e. The predicted octanol–water partition coefficient (Wildman–Crippen LogP) is 23.0. The fourth-order valence-corrected chi connectivity index (χ4v) is 15.4.